The molecule has 0 heterocycles. The van der Waals surface area contributed by atoms with Crippen LogP contribution in [-0.4, -0.2) is 57.2 Å². The molecule has 0 fully saturated rings. The third kappa shape index (κ3) is 95.8. The maximum Gasteiger partial charge on any atom is 2.00 e. The number of rotatable bonds is 3. The average Bonchev–Trinajstić information content (AvgIpc) is 2.04. The van der Waals surface area contributed by atoms with Gasteiger partial charge in [-0.1, -0.05) is 0 Å². The molecule has 0 spiro atoms. The van der Waals surface area contributed by atoms with Crippen molar-refractivity contribution in [1.82, 2.24) is 9.80 Å². The van der Waals surface area contributed by atoms with Gasteiger partial charge < -0.3 is 20.3 Å². The average molecular weight is 264 g/mol. The van der Waals surface area contributed by atoms with Crippen molar-refractivity contribution in [1.29, 1.82) is 5.26 Å². The van der Waals surface area contributed by atoms with E-state index < -0.39 is 0 Å². The van der Waals surface area contributed by atoms with Gasteiger partial charge in [-0.3, -0.25) is 4.79 Å². The minimum absolute atomic E-state index is 0. The second kappa shape index (κ2) is 23.2. The molecule has 0 unspecified atom stereocenters. The minimum atomic E-state index is 0. The number of nitriles is 1. The van der Waals surface area contributed by atoms with Crippen LogP contribution in [0.15, 0.2) is 0 Å². The molecule has 91 valence electrons. The first-order valence-electron chi connectivity index (χ1n) is 3.78. The van der Waals surface area contributed by atoms with Gasteiger partial charge in [0.25, 0.3) is 0 Å². The Morgan fingerprint density at radius 1 is 1.20 bits per heavy atom. The van der Waals surface area contributed by atoms with Crippen LogP contribution in [0, 0.1) is 11.5 Å². The van der Waals surface area contributed by atoms with Crippen molar-refractivity contribution in [3.05, 3.63) is 5.41 Å². The summed E-state index contributed by atoms with van der Waals surface area (Å²) < 4.78 is 0. The molecule has 0 aliphatic rings. The summed E-state index contributed by atoms with van der Waals surface area (Å²) in [7, 11) is 8.35. The van der Waals surface area contributed by atoms with Crippen LogP contribution in [-0.2, 0) is 21.9 Å². The Hall–Kier alpha value is -0.891. The van der Waals surface area contributed by atoms with Crippen LogP contribution in [0.1, 0.15) is 0 Å². The van der Waals surface area contributed by atoms with Gasteiger partial charge in [0.1, 0.15) is 0 Å². The Kier molecular flexibility index (Phi) is 36.6. The van der Waals surface area contributed by atoms with E-state index in [0.717, 1.165) is 13.1 Å². The van der Waals surface area contributed by atoms with Crippen LogP contribution in [0.4, 0.5) is 0 Å². The largest absolute Gasteiger partial charge is 2.00 e. The van der Waals surface area contributed by atoms with E-state index in [1.54, 1.807) is 0 Å². The van der Waals surface area contributed by atoms with Crippen LogP contribution >= 0.6 is 0 Å². The third-order valence-corrected chi connectivity index (χ3v) is 0.994. The smallest absolute Gasteiger partial charge is 0.812 e. The first kappa shape index (κ1) is 23.7. The molecule has 1 radical (unpaired) electrons. The van der Waals surface area contributed by atoms with E-state index in [2.05, 4.69) is 38.0 Å². The van der Waals surface area contributed by atoms with Crippen LogP contribution in [0.2, 0.25) is 0 Å². The zero-order chi connectivity index (χ0) is 12.0. The SMILES string of the molecule is CN(C)CCN(C)C.N#C[O-].[Cu+2].[N-]=C=O. The van der Waals surface area contributed by atoms with E-state index in [0.29, 0.717) is 12.3 Å². The zero-order valence-corrected chi connectivity index (χ0v) is 10.3. The molecular formula is C8H16CuN4O2. The van der Waals surface area contributed by atoms with Gasteiger partial charge in [-0.05, 0) is 34.3 Å². The van der Waals surface area contributed by atoms with Gasteiger partial charge in [0.05, 0.1) is 0 Å². The maximum atomic E-state index is 8.24. The quantitative estimate of drug-likeness (QED) is 0.277. The van der Waals surface area contributed by atoms with Crippen molar-refractivity contribution in [2.45, 2.75) is 0 Å². The number of nitrogens with zero attached hydrogens (tertiary/aromatic N) is 4. The van der Waals surface area contributed by atoms with E-state index >= 15 is 0 Å². The summed E-state index contributed by atoms with van der Waals surface area (Å²) in [5, 5.41) is 21.8. The van der Waals surface area contributed by atoms with E-state index in [4.69, 9.17) is 20.6 Å². The predicted octanol–water partition coefficient (Wildman–Crippen LogP) is -1.17. The number of hydrogen-bond acceptors (Lipinski definition) is 5. The molecule has 15 heavy (non-hydrogen) atoms. The van der Waals surface area contributed by atoms with Crippen LogP contribution in [0.25, 0.3) is 5.41 Å². The molecule has 0 rings (SSSR count). The van der Waals surface area contributed by atoms with E-state index in [9.17, 15) is 0 Å². The Balaban J connectivity index is -0.0000000733. The van der Waals surface area contributed by atoms with E-state index in [-0.39, 0.29) is 17.1 Å². The van der Waals surface area contributed by atoms with Crippen LogP contribution in [0.3, 0.4) is 0 Å². The van der Waals surface area contributed by atoms with Gasteiger partial charge in [0.2, 0.25) is 0 Å². The number of likely N-dealkylation sites (N-methyl/N-ethyl adjacent to an activating group) is 2. The van der Waals surface area contributed by atoms with Crippen LogP contribution < -0.4 is 5.11 Å². The summed E-state index contributed by atoms with van der Waals surface area (Å²) in [6.45, 7) is 2.29. The third-order valence-electron chi connectivity index (χ3n) is 0.994. The van der Waals surface area contributed by atoms with Gasteiger partial charge in [0, 0.05) is 19.3 Å². The van der Waals surface area contributed by atoms with Crippen molar-refractivity contribution in [3.63, 3.8) is 0 Å². The van der Waals surface area contributed by atoms with Gasteiger partial charge in [-0.25, -0.2) is 5.26 Å². The van der Waals surface area contributed by atoms with Crippen LogP contribution in [0.5, 0.6) is 0 Å². The van der Waals surface area contributed by atoms with Gasteiger partial charge in [0.15, 0.2) is 0 Å². The van der Waals surface area contributed by atoms with Crippen molar-refractivity contribution in [2.75, 3.05) is 41.3 Å². The Bertz CT molecular complexity index is 166. The molecular weight excluding hydrogens is 248 g/mol. The van der Waals surface area contributed by atoms with Gasteiger partial charge >= 0.3 is 17.1 Å². The molecule has 0 bridgehead atoms. The molecule has 6 nitrogen and oxygen atoms in total. The zero-order valence-electron chi connectivity index (χ0n) is 9.32. The van der Waals surface area contributed by atoms with Crippen molar-refractivity contribution < 1.29 is 27.0 Å². The molecule has 0 saturated carbocycles. The fraction of sp³-hybridized carbons (Fsp3) is 0.750. The van der Waals surface area contributed by atoms with E-state index in [1.165, 1.54) is 0 Å². The number of carbonyl (C=O) groups excluding carboxylic acids is 1. The number of isocyanates is 1. The summed E-state index contributed by atoms with van der Waals surface area (Å²) in [5.74, 6) is 0. The van der Waals surface area contributed by atoms with Crippen molar-refractivity contribution in [2.24, 2.45) is 0 Å². The normalized spacial score (nSPS) is 7.00. The Morgan fingerprint density at radius 3 is 1.40 bits per heavy atom. The molecule has 7 heteroatoms. The minimum Gasteiger partial charge on any atom is -0.812 e. The predicted molar refractivity (Wildman–Crippen MR) is 51.8 cm³/mol. The molecule has 0 aliphatic carbocycles. The second-order valence-electron chi connectivity index (χ2n) is 2.79. The Morgan fingerprint density at radius 2 is 1.33 bits per heavy atom. The molecule has 0 saturated heterocycles. The van der Waals surface area contributed by atoms with Gasteiger partial charge in [-0.2, -0.15) is 0 Å². The van der Waals surface area contributed by atoms with Crippen molar-refractivity contribution >= 4 is 6.08 Å². The standard InChI is InChI=1S/C6H16N2.CHNO.CNO.Cu/c1-7(2)5-6-8(3)4;2*2-1-3;/h5-6H2,1-4H3;3H;;/q;;-1;+2/p-1. The first-order valence-corrected chi connectivity index (χ1v) is 3.78. The fourth-order valence-corrected chi connectivity index (χ4v) is 0.400. The van der Waals surface area contributed by atoms with Crippen molar-refractivity contribution in [3.8, 4) is 6.26 Å². The topological polar surface area (TPSA) is 92.7 Å². The molecule has 0 aromatic heterocycles. The maximum absolute atomic E-state index is 8.24. The summed E-state index contributed by atoms with van der Waals surface area (Å²) >= 11 is 0. The monoisotopic (exact) mass is 263 g/mol. The molecule has 0 aliphatic heterocycles. The summed E-state index contributed by atoms with van der Waals surface area (Å²) in [6, 6.07) is 0. The molecule has 0 aromatic carbocycles. The fourth-order valence-electron chi connectivity index (χ4n) is 0.400. The first-order chi connectivity index (χ1) is 6.45. The molecule has 0 amide bonds. The number of hydrogen-bond donors (Lipinski definition) is 0. The summed E-state index contributed by atoms with van der Waals surface area (Å²) in [6.07, 6.45) is 1.00. The molecule has 0 N–H and O–H groups in total. The second-order valence-corrected chi connectivity index (χ2v) is 2.79. The molecule has 0 atom stereocenters. The van der Waals surface area contributed by atoms with Gasteiger partial charge in [-0.15, -0.1) is 0 Å². The summed E-state index contributed by atoms with van der Waals surface area (Å²) in [5.41, 5.74) is 0. The summed E-state index contributed by atoms with van der Waals surface area (Å²) in [4.78, 5) is 12.6. The van der Waals surface area contributed by atoms with E-state index in [1.807, 2.05) is 0 Å². The molecule has 0 aromatic rings. The Labute approximate surface area is 101 Å².